The molecule has 0 bridgehead atoms. The number of carboxylic acids is 1. The molecule has 0 aromatic heterocycles. The summed E-state index contributed by atoms with van der Waals surface area (Å²) in [6.07, 6.45) is 6.44. The van der Waals surface area contributed by atoms with Crippen molar-refractivity contribution < 1.29 is 19.4 Å². The summed E-state index contributed by atoms with van der Waals surface area (Å²) < 4.78 is 6.03. The number of carbonyl (C=O) groups is 2. The SMILES string of the molecule is CC(OC1CCCCCC1)C(=O)N1Cc2ccccc2C(C(=O)O)C1. The van der Waals surface area contributed by atoms with Crippen molar-refractivity contribution in [1.82, 2.24) is 4.90 Å². The lowest BCUT2D eigenvalue weighted by Gasteiger charge is -2.35. The number of hydrogen-bond acceptors (Lipinski definition) is 3. The third kappa shape index (κ3) is 4.21. The predicted octanol–water partition coefficient (Wildman–Crippen LogP) is 3.32. The second kappa shape index (κ2) is 8.00. The number of amides is 1. The van der Waals surface area contributed by atoms with Gasteiger partial charge in [-0.2, -0.15) is 0 Å². The molecule has 1 aliphatic carbocycles. The van der Waals surface area contributed by atoms with E-state index in [0.717, 1.165) is 36.8 Å². The molecule has 5 nitrogen and oxygen atoms in total. The molecule has 1 aliphatic heterocycles. The van der Waals surface area contributed by atoms with Crippen LogP contribution in [-0.4, -0.2) is 40.6 Å². The summed E-state index contributed by atoms with van der Waals surface area (Å²) in [5.41, 5.74) is 1.73. The monoisotopic (exact) mass is 345 g/mol. The molecule has 1 aromatic rings. The van der Waals surface area contributed by atoms with Gasteiger partial charge in [0.1, 0.15) is 6.10 Å². The number of hydrogen-bond donors (Lipinski definition) is 1. The molecule has 3 rings (SSSR count). The summed E-state index contributed by atoms with van der Waals surface area (Å²) in [5.74, 6) is -1.66. The van der Waals surface area contributed by atoms with Gasteiger partial charge in [-0.05, 0) is 30.9 Å². The van der Waals surface area contributed by atoms with Crippen LogP contribution < -0.4 is 0 Å². The standard InChI is InChI=1S/C20H27NO4/c1-14(25-16-9-4-2-3-5-10-16)19(22)21-12-15-8-6-7-11-17(15)18(13-21)20(23)24/h6-8,11,14,16,18H,2-5,9-10,12-13H2,1H3,(H,23,24). The molecule has 1 amide bonds. The van der Waals surface area contributed by atoms with E-state index in [0.29, 0.717) is 6.54 Å². The van der Waals surface area contributed by atoms with Crippen LogP contribution in [0.2, 0.25) is 0 Å². The molecular formula is C20H27NO4. The van der Waals surface area contributed by atoms with Gasteiger partial charge in [-0.15, -0.1) is 0 Å². The maximum absolute atomic E-state index is 12.8. The first-order valence-electron chi connectivity index (χ1n) is 9.31. The fraction of sp³-hybridized carbons (Fsp3) is 0.600. The van der Waals surface area contributed by atoms with Gasteiger partial charge >= 0.3 is 5.97 Å². The van der Waals surface area contributed by atoms with E-state index in [1.54, 1.807) is 11.8 Å². The van der Waals surface area contributed by atoms with E-state index < -0.39 is 18.0 Å². The van der Waals surface area contributed by atoms with Gasteiger partial charge in [-0.25, -0.2) is 0 Å². The number of rotatable bonds is 4. The summed E-state index contributed by atoms with van der Waals surface area (Å²) in [4.78, 5) is 26.1. The summed E-state index contributed by atoms with van der Waals surface area (Å²) in [5, 5.41) is 9.55. The molecule has 1 heterocycles. The zero-order valence-electron chi connectivity index (χ0n) is 14.8. The number of fused-ring (bicyclic) bond motifs is 1. The van der Waals surface area contributed by atoms with Gasteiger partial charge in [-0.3, -0.25) is 9.59 Å². The first kappa shape index (κ1) is 17.9. The number of benzene rings is 1. The van der Waals surface area contributed by atoms with Gasteiger partial charge in [0.2, 0.25) is 0 Å². The number of aliphatic carboxylic acids is 1. The van der Waals surface area contributed by atoms with E-state index in [2.05, 4.69) is 0 Å². The minimum atomic E-state index is -0.887. The molecule has 1 saturated carbocycles. The highest BCUT2D eigenvalue weighted by atomic mass is 16.5. The van der Waals surface area contributed by atoms with Crippen molar-refractivity contribution in [3.8, 4) is 0 Å². The van der Waals surface area contributed by atoms with Crippen LogP contribution in [0.15, 0.2) is 24.3 Å². The maximum Gasteiger partial charge on any atom is 0.312 e. The van der Waals surface area contributed by atoms with Crippen LogP contribution in [0.4, 0.5) is 0 Å². The predicted molar refractivity (Wildman–Crippen MR) is 94.3 cm³/mol. The van der Waals surface area contributed by atoms with Crippen LogP contribution in [-0.2, 0) is 20.9 Å². The molecule has 0 radical (unpaired) electrons. The van der Waals surface area contributed by atoms with Gasteiger partial charge in [0, 0.05) is 13.1 Å². The quantitative estimate of drug-likeness (QED) is 0.850. The second-order valence-electron chi connectivity index (χ2n) is 7.20. The number of carbonyl (C=O) groups excluding carboxylic acids is 1. The molecule has 2 aliphatic rings. The van der Waals surface area contributed by atoms with Crippen molar-refractivity contribution in [2.75, 3.05) is 6.54 Å². The second-order valence-corrected chi connectivity index (χ2v) is 7.20. The molecular weight excluding hydrogens is 318 g/mol. The third-order valence-corrected chi connectivity index (χ3v) is 5.35. The van der Waals surface area contributed by atoms with Crippen LogP contribution in [0, 0.1) is 0 Å². The molecule has 1 aromatic carbocycles. The highest BCUT2D eigenvalue weighted by Crippen LogP contribution is 2.29. The molecule has 0 spiro atoms. The Kier molecular flexibility index (Phi) is 5.74. The lowest BCUT2D eigenvalue weighted by atomic mass is 9.89. The fourth-order valence-electron chi connectivity index (χ4n) is 3.97. The first-order valence-corrected chi connectivity index (χ1v) is 9.31. The highest BCUT2D eigenvalue weighted by Gasteiger charge is 2.34. The van der Waals surface area contributed by atoms with Crippen LogP contribution in [0.1, 0.15) is 62.5 Å². The molecule has 1 N–H and O–H groups in total. The van der Waals surface area contributed by atoms with E-state index in [9.17, 15) is 14.7 Å². The Hall–Kier alpha value is -1.88. The Bertz CT molecular complexity index is 622. The summed E-state index contributed by atoms with van der Waals surface area (Å²) >= 11 is 0. The number of ether oxygens (including phenoxy) is 1. The van der Waals surface area contributed by atoms with Crippen LogP contribution in [0.5, 0.6) is 0 Å². The number of nitrogens with zero attached hydrogens (tertiary/aromatic N) is 1. The van der Waals surface area contributed by atoms with E-state index in [1.165, 1.54) is 12.8 Å². The maximum atomic E-state index is 12.8. The first-order chi connectivity index (χ1) is 12.1. The van der Waals surface area contributed by atoms with Crippen LogP contribution in [0.3, 0.4) is 0 Å². The van der Waals surface area contributed by atoms with Crippen molar-refractivity contribution in [2.45, 2.75) is 70.1 Å². The van der Waals surface area contributed by atoms with Gasteiger partial charge in [0.15, 0.2) is 0 Å². The zero-order valence-corrected chi connectivity index (χ0v) is 14.8. The van der Waals surface area contributed by atoms with Crippen molar-refractivity contribution in [2.24, 2.45) is 0 Å². The van der Waals surface area contributed by atoms with Crippen LogP contribution >= 0.6 is 0 Å². The molecule has 136 valence electrons. The smallest absolute Gasteiger partial charge is 0.312 e. The topological polar surface area (TPSA) is 66.8 Å². The fourth-order valence-corrected chi connectivity index (χ4v) is 3.97. The van der Waals surface area contributed by atoms with Crippen molar-refractivity contribution >= 4 is 11.9 Å². The minimum absolute atomic E-state index is 0.106. The minimum Gasteiger partial charge on any atom is -0.481 e. The molecule has 0 saturated heterocycles. The van der Waals surface area contributed by atoms with Crippen LogP contribution in [0.25, 0.3) is 0 Å². The summed E-state index contributed by atoms with van der Waals surface area (Å²) in [6.45, 7) is 2.46. The third-order valence-electron chi connectivity index (χ3n) is 5.35. The van der Waals surface area contributed by atoms with Gasteiger partial charge in [-0.1, -0.05) is 49.9 Å². The average molecular weight is 345 g/mol. The zero-order chi connectivity index (χ0) is 17.8. The molecule has 2 unspecified atom stereocenters. The molecule has 25 heavy (non-hydrogen) atoms. The van der Waals surface area contributed by atoms with E-state index in [4.69, 9.17) is 4.74 Å². The lowest BCUT2D eigenvalue weighted by Crippen LogP contribution is -2.45. The lowest BCUT2D eigenvalue weighted by molar-refractivity contribution is -0.150. The average Bonchev–Trinajstić information content (AvgIpc) is 2.88. The molecule has 1 fully saturated rings. The number of carboxylic acid groups (broad SMARTS) is 1. The summed E-state index contributed by atoms with van der Waals surface area (Å²) in [7, 11) is 0. The van der Waals surface area contributed by atoms with Crippen molar-refractivity contribution in [3.63, 3.8) is 0 Å². The van der Waals surface area contributed by atoms with E-state index >= 15 is 0 Å². The van der Waals surface area contributed by atoms with Crippen molar-refractivity contribution in [1.29, 1.82) is 0 Å². The Morgan fingerprint density at radius 3 is 2.52 bits per heavy atom. The highest BCUT2D eigenvalue weighted by molar-refractivity contribution is 5.83. The largest absolute Gasteiger partial charge is 0.481 e. The Morgan fingerprint density at radius 2 is 1.84 bits per heavy atom. The Morgan fingerprint density at radius 1 is 1.16 bits per heavy atom. The van der Waals surface area contributed by atoms with Gasteiger partial charge in [0.25, 0.3) is 5.91 Å². The Balaban J connectivity index is 1.68. The normalized spacial score (nSPS) is 22.8. The van der Waals surface area contributed by atoms with Gasteiger partial charge in [0.05, 0.1) is 12.0 Å². The Labute approximate surface area is 149 Å². The summed E-state index contributed by atoms with van der Waals surface area (Å²) in [6, 6.07) is 7.49. The van der Waals surface area contributed by atoms with Crippen molar-refractivity contribution in [3.05, 3.63) is 35.4 Å². The van der Waals surface area contributed by atoms with E-state index in [1.807, 2.05) is 24.3 Å². The van der Waals surface area contributed by atoms with E-state index in [-0.39, 0.29) is 18.6 Å². The van der Waals surface area contributed by atoms with Gasteiger partial charge < -0.3 is 14.7 Å². The molecule has 5 heteroatoms. The molecule has 2 atom stereocenters.